The summed E-state index contributed by atoms with van der Waals surface area (Å²) in [7, 11) is 4.35. The highest BCUT2D eigenvalue weighted by Gasteiger charge is 2.36. The van der Waals surface area contributed by atoms with Crippen molar-refractivity contribution in [2.24, 2.45) is 0 Å². The minimum absolute atomic E-state index is 0.135. The molecule has 3 rings (SSSR count). The van der Waals surface area contributed by atoms with Gasteiger partial charge in [-0.25, -0.2) is 4.98 Å². The molecule has 1 aliphatic rings. The number of amides is 1. The van der Waals surface area contributed by atoms with Crippen molar-refractivity contribution in [2.45, 2.75) is 12.3 Å². The Balaban J connectivity index is 1.66. The van der Waals surface area contributed by atoms with Crippen LogP contribution in [-0.2, 0) is 6.18 Å². The van der Waals surface area contributed by atoms with E-state index in [9.17, 15) is 18.0 Å². The Hall–Kier alpha value is -3.17. The fourth-order valence-corrected chi connectivity index (χ4v) is 2.87. The molecule has 0 N–H and O–H groups in total. The smallest absolute Gasteiger partial charge is 0.433 e. The third-order valence-electron chi connectivity index (χ3n) is 4.35. The molecule has 2 heterocycles. The summed E-state index contributed by atoms with van der Waals surface area (Å²) >= 11 is 0. The first kappa shape index (κ1) is 20.6. The van der Waals surface area contributed by atoms with Crippen LogP contribution in [0.25, 0.3) is 0 Å². The third kappa shape index (κ3) is 4.30. The fraction of sp³-hybridized carbons (Fsp3) is 0.368. The fourth-order valence-electron chi connectivity index (χ4n) is 2.87. The Morgan fingerprint density at radius 1 is 1.07 bits per heavy atom. The molecule has 0 saturated carbocycles. The Morgan fingerprint density at radius 3 is 2.21 bits per heavy atom. The lowest BCUT2D eigenvalue weighted by molar-refractivity contribution is -0.141. The van der Waals surface area contributed by atoms with Crippen molar-refractivity contribution in [3.05, 3.63) is 41.6 Å². The Morgan fingerprint density at radius 2 is 1.69 bits per heavy atom. The normalized spacial score (nSPS) is 14.2. The molecule has 7 nitrogen and oxygen atoms in total. The summed E-state index contributed by atoms with van der Waals surface area (Å²) in [5.41, 5.74) is -0.699. The van der Waals surface area contributed by atoms with E-state index >= 15 is 0 Å². The summed E-state index contributed by atoms with van der Waals surface area (Å²) in [5.74, 6) is 0.631. The molecular formula is C19H19F3N2O5. The summed E-state index contributed by atoms with van der Waals surface area (Å²) < 4.78 is 59.4. The number of hydrogen-bond acceptors (Lipinski definition) is 6. The third-order valence-corrected chi connectivity index (χ3v) is 4.35. The molecule has 10 heteroatoms. The Bertz CT molecular complexity index is 873. The summed E-state index contributed by atoms with van der Waals surface area (Å²) in [6.45, 7) is 0.431. The van der Waals surface area contributed by atoms with Crippen molar-refractivity contribution < 1.29 is 36.9 Å². The Labute approximate surface area is 164 Å². The van der Waals surface area contributed by atoms with Gasteiger partial charge in [0, 0.05) is 11.6 Å². The number of rotatable bonds is 6. The molecule has 0 unspecified atom stereocenters. The average Bonchev–Trinajstić information content (AvgIpc) is 2.68. The van der Waals surface area contributed by atoms with Gasteiger partial charge in [-0.15, -0.1) is 0 Å². The van der Waals surface area contributed by atoms with E-state index in [1.807, 2.05) is 0 Å². The van der Waals surface area contributed by atoms with Gasteiger partial charge in [0.2, 0.25) is 11.6 Å². The molecule has 1 fully saturated rings. The summed E-state index contributed by atoms with van der Waals surface area (Å²) in [5, 5.41) is 0. The van der Waals surface area contributed by atoms with Crippen LogP contribution in [0.3, 0.4) is 0 Å². The van der Waals surface area contributed by atoms with E-state index in [2.05, 4.69) is 4.98 Å². The minimum atomic E-state index is -4.55. The summed E-state index contributed by atoms with van der Waals surface area (Å²) in [6.07, 6.45) is -5.00. The molecule has 1 aromatic heterocycles. The van der Waals surface area contributed by atoms with Crippen LogP contribution in [0, 0.1) is 0 Å². The van der Waals surface area contributed by atoms with E-state index in [4.69, 9.17) is 18.9 Å². The predicted octanol–water partition coefficient (Wildman–Crippen LogP) is 3.03. The lowest BCUT2D eigenvalue weighted by Crippen LogP contribution is -2.56. The van der Waals surface area contributed by atoms with Crippen molar-refractivity contribution in [1.82, 2.24) is 9.88 Å². The number of ether oxygens (including phenoxy) is 4. The van der Waals surface area contributed by atoms with Crippen LogP contribution >= 0.6 is 0 Å². The van der Waals surface area contributed by atoms with Crippen LogP contribution in [0.2, 0.25) is 0 Å². The number of carbonyl (C=O) groups excluding carboxylic acids is 1. The van der Waals surface area contributed by atoms with Gasteiger partial charge < -0.3 is 23.8 Å². The molecule has 2 aromatic rings. The van der Waals surface area contributed by atoms with Gasteiger partial charge in [-0.1, -0.05) is 6.07 Å². The highest BCUT2D eigenvalue weighted by Crippen LogP contribution is 2.38. The van der Waals surface area contributed by atoms with Crippen LogP contribution in [0.5, 0.6) is 23.1 Å². The number of hydrogen-bond donors (Lipinski definition) is 0. The lowest BCUT2D eigenvalue weighted by atomic mass is 10.1. The predicted molar refractivity (Wildman–Crippen MR) is 95.7 cm³/mol. The van der Waals surface area contributed by atoms with Gasteiger partial charge in [0.15, 0.2) is 11.5 Å². The highest BCUT2D eigenvalue weighted by atomic mass is 19.4. The van der Waals surface area contributed by atoms with Crippen LogP contribution in [0.1, 0.15) is 16.1 Å². The summed E-state index contributed by atoms with van der Waals surface area (Å²) in [4.78, 5) is 17.7. The highest BCUT2D eigenvalue weighted by molar-refractivity contribution is 5.96. The number of likely N-dealkylation sites (tertiary alicyclic amines) is 1. The van der Waals surface area contributed by atoms with Gasteiger partial charge in [0.05, 0.1) is 34.4 Å². The van der Waals surface area contributed by atoms with Crippen molar-refractivity contribution >= 4 is 5.91 Å². The van der Waals surface area contributed by atoms with Gasteiger partial charge in [0.25, 0.3) is 5.91 Å². The van der Waals surface area contributed by atoms with Crippen molar-refractivity contribution in [3.63, 3.8) is 0 Å². The van der Waals surface area contributed by atoms with Crippen molar-refractivity contribution in [2.75, 3.05) is 34.4 Å². The van der Waals surface area contributed by atoms with E-state index in [1.165, 1.54) is 50.5 Å². The zero-order valence-corrected chi connectivity index (χ0v) is 15.9. The van der Waals surface area contributed by atoms with E-state index in [0.29, 0.717) is 22.8 Å². The van der Waals surface area contributed by atoms with Gasteiger partial charge in [-0.2, -0.15) is 13.2 Å². The first-order valence-electron chi connectivity index (χ1n) is 8.57. The lowest BCUT2D eigenvalue weighted by Gasteiger charge is -2.38. The quantitative estimate of drug-likeness (QED) is 0.727. The second kappa shape index (κ2) is 8.06. The molecule has 0 radical (unpaired) electrons. The van der Waals surface area contributed by atoms with Crippen molar-refractivity contribution in [1.29, 1.82) is 0 Å². The summed E-state index contributed by atoms with van der Waals surface area (Å²) in [6, 6.07) is 6.51. The van der Waals surface area contributed by atoms with Gasteiger partial charge >= 0.3 is 6.18 Å². The molecule has 0 spiro atoms. The van der Waals surface area contributed by atoms with E-state index < -0.39 is 18.0 Å². The molecule has 0 bridgehead atoms. The molecular weight excluding hydrogens is 393 g/mol. The van der Waals surface area contributed by atoms with E-state index in [0.717, 1.165) is 6.07 Å². The van der Waals surface area contributed by atoms with Crippen LogP contribution < -0.4 is 18.9 Å². The average molecular weight is 412 g/mol. The molecule has 0 atom stereocenters. The minimum Gasteiger partial charge on any atom is -0.493 e. The van der Waals surface area contributed by atoms with Crippen molar-refractivity contribution in [3.8, 4) is 23.1 Å². The number of halogens is 3. The van der Waals surface area contributed by atoms with Gasteiger partial charge in [-0.05, 0) is 18.2 Å². The standard InChI is InChI=1S/C19H19F3N2O5/c1-26-13-7-11(8-14(27-2)17(13)28-3)18(25)24-9-12(10-24)29-16-6-4-5-15(23-16)19(20,21)22/h4-8,12H,9-10H2,1-3H3. The van der Waals surface area contributed by atoms with Crippen LogP contribution in [-0.4, -0.2) is 56.3 Å². The van der Waals surface area contributed by atoms with E-state index in [-0.39, 0.29) is 24.9 Å². The maximum absolute atomic E-state index is 12.7. The van der Waals surface area contributed by atoms with Gasteiger partial charge in [0.1, 0.15) is 11.8 Å². The number of aromatic nitrogens is 1. The maximum Gasteiger partial charge on any atom is 0.433 e. The molecule has 1 aromatic carbocycles. The van der Waals surface area contributed by atoms with Crippen LogP contribution in [0.15, 0.2) is 30.3 Å². The van der Waals surface area contributed by atoms with Gasteiger partial charge in [-0.3, -0.25) is 4.79 Å². The first-order valence-corrected chi connectivity index (χ1v) is 8.57. The maximum atomic E-state index is 12.7. The second-order valence-electron chi connectivity index (χ2n) is 6.22. The topological polar surface area (TPSA) is 70.1 Å². The first-order chi connectivity index (χ1) is 13.8. The number of benzene rings is 1. The molecule has 1 amide bonds. The number of nitrogens with zero attached hydrogens (tertiary/aromatic N) is 2. The number of carbonyl (C=O) groups is 1. The monoisotopic (exact) mass is 412 g/mol. The second-order valence-corrected chi connectivity index (χ2v) is 6.22. The molecule has 0 aliphatic carbocycles. The number of pyridine rings is 1. The van der Waals surface area contributed by atoms with Crippen LogP contribution in [0.4, 0.5) is 13.2 Å². The molecule has 29 heavy (non-hydrogen) atoms. The van der Waals surface area contributed by atoms with E-state index in [1.54, 1.807) is 0 Å². The number of alkyl halides is 3. The number of methoxy groups -OCH3 is 3. The molecule has 1 aliphatic heterocycles. The zero-order valence-electron chi connectivity index (χ0n) is 15.9. The largest absolute Gasteiger partial charge is 0.493 e. The zero-order chi connectivity index (χ0) is 21.2. The molecule has 156 valence electrons. The SMILES string of the molecule is COc1cc(C(=O)N2CC(Oc3cccc(C(F)(F)F)n3)C2)cc(OC)c1OC. The Kier molecular flexibility index (Phi) is 5.71. The molecule has 1 saturated heterocycles.